The number of thiazole rings is 1. The van der Waals surface area contributed by atoms with E-state index in [4.69, 9.17) is 10.2 Å². The average Bonchev–Trinajstić information content (AvgIpc) is 3.59. The van der Waals surface area contributed by atoms with Crippen molar-refractivity contribution in [3.63, 3.8) is 0 Å². The smallest absolute Gasteiger partial charge is 0.458 e. The van der Waals surface area contributed by atoms with Crippen LogP contribution in [0.1, 0.15) is 45.7 Å². The van der Waals surface area contributed by atoms with Crippen molar-refractivity contribution in [3.05, 3.63) is 106 Å². The molecular weight excluding hydrogens is 669 g/mol. The molecule has 0 atom stereocenters. The van der Waals surface area contributed by atoms with Gasteiger partial charge in [0.2, 0.25) is 5.13 Å². The molecule has 6 nitrogen and oxygen atoms in total. The van der Waals surface area contributed by atoms with Gasteiger partial charge in [-0.05, 0) is 78.6 Å². The molecule has 3 aromatic carbocycles. The first-order valence-corrected chi connectivity index (χ1v) is 15.8. The van der Waals surface area contributed by atoms with Crippen LogP contribution in [0, 0.1) is 17.6 Å². The van der Waals surface area contributed by atoms with E-state index in [0.29, 0.717) is 52.5 Å². The lowest BCUT2D eigenvalue weighted by Crippen LogP contribution is -2.33. The van der Waals surface area contributed by atoms with Crippen molar-refractivity contribution in [1.29, 1.82) is 0 Å². The third-order valence-electron chi connectivity index (χ3n) is 7.82. The zero-order valence-corrected chi connectivity index (χ0v) is 25.6. The van der Waals surface area contributed by atoms with Crippen molar-refractivity contribution in [1.82, 2.24) is 14.8 Å². The van der Waals surface area contributed by atoms with E-state index in [0.717, 1.165) is 54.3 Å². The Kier molecular flexibility index (Phi) is 8.65. The molecule has 244 valence electrons. The van der Waals surface area contributed by atoms with Gasteiger partial charge in [-0.25, -0.2) is 23.2 Å². The lowest BCUT2D eigenvalue weighted by atomic mass is 9.94. The first-order chi connectivity index (χ1) is 22.3. The molecule has 0 saturated heterocycles. The first-order valence-electron chi connectivity index (χ1n) is 14.1. The number of alkyl halides is 5. The van der Waals surface area contributed by atoms with Crippen molar-refractivity contribution >= 4 is 29.3 Å². The molecule has 0 spiro atoms. The van der Waals surface area contributed by atoms with Crippen molar-refractivity contribution < 1.29 is 40.6 Å². The topological polar surface area (TPSA) is 94.0 Å². The number of rotatable bonds is 10. The number of hydrogen-bond donors (Lipinski definition) is 2. The van der Waals surface area contributed by atoms with Gasteiger partial charge < -0.3 is 5.11 Å². The van der Waals surface area contributed by atoms with Crippen LogP contribution in [0.2, 0.25) is 0 Å². The Morgan fingerprint density at radius 1 is 0.979 bits per heavy atom. The Morgan fingerprint density at radius 2 is 1.68 bits per heavy atom. The molecule has 1 saturated carbocycles. The predicted octanol–water partition coefficient (Wildman–Crippen LogP) is 8.80. The van der Waals surface area contributed by atoms with Gasteiger partial charge in [-0.1, -0.05) is 30.3 Å². The van der Waals surface area contributed by atoms with Gasteiger partial charge in [0, 0.05) is 34.1 Å². The number of halogens is 7. The summed E-state index contributed by atoms with van der Waals surface area (Å²) in [6.07, 6.45) is -3.16. The zero-order chi connectivity index (χ0) is 33.7. The van der Waals surface area contributed by atoms with Gasteiger partial charge in [0.1, 0.15) is 11.6 Å². The minimum atomic E-state index is -5.80. The number of aromatic nitrogens is 3. The van der Waals surface area contributed by atoms with E-state index in [2.05, 4.69) is 4.98 Å². The van der Waals surface area contributed by atoms with Crippen molar-refractivity contribution in [2.75, 3.05) is 0 Å². The monoisotopic (exact) mass is 692 g/mol. The Hall–Kier alpha value is -4.21. The van der Waals surface area contributed by atoms with E-state index in [1.807, 2.05) is 0 Å². The largest absolute Gasteiger partial charge is 0.476 e. The second-order valence-electron chi connectivity index (χ2n) is 11.1. The highest BCUT2D eigenvalue weighted by atomic mass is 32.2. The van der Waals surface area contributed by atoms with E-state index in [-0.39, 0.29) is 33.3 Å². The minimum Gasteiger partial charge on any atom is -0.476 e. The van der Waals surface area contributed by atoms with E-state index in [1.54, 1.807) is 12.1 Å². The molecule has 47 heavy (non-hydrogen) atoms. The van der Waals surface area contributed by atoms with E-state index in [9.17, 15) is 36.2 Å². The van der Waals surface area contributed by atoms with Crippen LogP contribution in [0.4, 0.5) is 30.7 Å². The summed E-state index contributed by atoms with van der Waals surface area (Å²) in [5.41, 5.74) is 1.17. The van der Waals surface area contributed by atoms with Crippen molar-refractivity contribution in [2.45, 2.75) is 42.7 Å². The Bertz CT molecular complexity index is 1970. The maximum absolute atomic E-state index is 15.2. The molecule has 1 aliphatic carbocycles. The van der Waals surface area contributed by atoms with Gasteiger partial charge in [-0.15, -0.1) is 11.3 Å². The molecule has 1 aliphatic rings. The summed E-state index contributed by atoms with van der Waals surface area (Å²) in [5, 5.41) is 21.5. The van der Waals surface area contributed by atoms with Gasteiger partial charge in [0.25, 0.3) is 0 Å². The van der Waals surface area contributed by atoms with Gasteiger partial charge in [0.05, 0.1) is 16.3 Å². The number of benzene rings is 3. The molecule has 0 aliphatic heterocycles. The maximum Gasteiger partial charge on any atom is 0.458 e. The summed E-state index contributed by atoms with van der Waals surface area (Å²) in [6.45, 7) is 0. The number of nitrogens with zero attached hydrogens (tertiary/aromatic N) is 3. The Labute approximate surface area is 271 Å². The molecule has 15 heteroatoms. The van der Waals surface area contributed by atoms with Crippen LogP contribution >= 0.6 is 23.3 Å². The van der Waals surface area contributed by atoms with E-state index >= 15 is 4.39 Å². The molecular formula is C32H23F7N4O2S2. The molecule has 0 amide bonds. The SMILES string of the molecule is NSc1ccc(Cc2c(-c3ccc(F)c(-c4ccc(C(F)(F)C(F)(F)F)cc4)c3)nn(-c3nc(C(=O)O)cs3)c2CC2CC2)cc1F. The molecule has 0 unspecified atom stereocenters. The summed E-state index contributed by atoms with van der Waals surface area (Å²) >= 11 is 1.82. The highest BCUT2D eigenvalue weighted by Crippen LogP contribution is 2.44. The van der Waals surface area contributed by atoms with Crippen LogP contribution in [0.5, 0.6) is 0 Å². The molecule has 3 N–H and O–H groups in total. The summed E-state index contributed by atoms with van der Waals surface area (Å²) in [6, 6.07) is 11.7. The quantitative estimate of drug-likeness (QED) is 0.112. The summed E-state index contributed by atoms with van der Waals surface area (Å²) in [7, 11) is 0. The zero-order valence-electron chi connectivity index (χ0n) is 24.0. The van der Waals surface area contributed by atoms with Crippen LogP contribution in [0.25, 0.3) is 27.5 Å². The lowest BCUT2D eigenvalue weighted by Gasteiger charge is -2.20. The van der Waals surface area contributed by atoms with Gasteiger partial charge in [0.15, 0.2) is 5.69 Å². The second kappa shape index (κ2) is 12.4. The number of nitrogens with two attached hydrogens (primary N) is 1. The lowest BCUT2D eigenvalue weighted by molar-refractivity contribution is -0.289. The number of carboxylic acids is 1. The van der Waals surface area contributed by atoms with Gasteiger partial charge in [-0.3, -0.25) is 5.14 Å². The molecule has 5 aromatic rings. The third kappa shape index (κ3) is 6.51. The number of carbonyl (C=O) groups is 1. The van der Waals surface area contributed by atoms with Crippen molar-refractivity contribution in [3.8, 4) is 27.5 Å². The molecule has 2 heterocycles. The van der Waals surface area contributed by atoms with Crippen molar-refractivity contribution in [2.24, 2.45) is 11.1 Å². The summed E-state index contributed by atoms with van der Waals surface area (Å²) < 4.78 is 98.0. The number of carboxylic acid groups (broad SMARTS) is 1. The normalized spacial score (nSPS) is 13.7. The Morgan fingerprint density at radius 3 is 2.28 bits per heavy atom. The van der Waals surface area contributed by atoms with Crippen LogP contribution in [0.3, 0.4) is 0 Å². The number of aromatic carboxylic acids is 1. The van der Waals surface area contributed by atoms with Crippen LogP contribution in [-0.2, 0) is 18.8 Å². The highest BCUT2D eigenvalue weighted by Gasteiger charge is 2.58. The fourth-order valence-electron chi connectivity index (χ4n) is 5.20. The van der Waals surface area contributed by atoms with Gasteiger partial charge in [-0.2, -0.15) is 27.1 Å². The molecule has 2 aromatic heterocycles. The predicted molar refractivity (Wildman–Crippen MR) is 163 cm³/mol. The standard InChI is InChI=1S/C32H23F7N4O2S2/c33-23-9-6-19(14-21(23)18-4-7-20(8-5-18)31(35,36)32(37,38)39)28-22(11-17-3-10-27(47-40)24(34)12-17)26(13-16-1-2-16)43(42-28)30-41-25(15-46-30)29(44)45/h3-10,12,14-16H,1-2,11,13,40H2,(H,44,45). The molecule has 0 radical (unpaired) electrons. The summed E-state index contributed by atoms with van der Waals surface area (Å²) in [4.78, 5) is 16.1. The minimum absolute atomic E-state index is 0.0493. The molecule has 6 rings (SSSR count). The summed E-state index contributed by atoms with van der Waals surface area (Å²) in [5.74, 6) is -7.28. The van der Waals surface area contributed by atoms with E-state index < -0.39 is 35.3 Å². The highest BCUT2D eigenvalue weighted by molar-refractivity contribution is 7.97. The van der Waals surface area contributed by atoms with Gasteiger partial charge >= 0.3 is 18.1 Å². The second-order valence-corrected chi connectivity index (χ2v) is 12.6. The maximum atomic E-state index is 15.2. The average molecular weight is 693 g/mol. The van der Waals surface area contributed by atoms with E-state index in [1.165, 1.54) is 28.3 Å². The molecule has 1 fully saturated rings. The molecule has 0 bridgehead atoms. The fraction of sp³-hybridized carbons (Fsp3) is 0.219. The fourth-order valence-corrected chi connectivity index (χ4v) is 6.29. The van der Waals surface area contributed by atoms with Crippen LogP contribution < -0.4 is 5.14 Å². The number of hydrogen-bond acceptors (Lipinski definition) is 6. The van der Waals surface area contributed by atoms with Crippen LogP contribution in [-0.4, -0.2) is 32.0 Å². The third-order valence-corrected chi connectivity index (χ3v) is 9.22. The van der Waals surface area contributed by atoms with Crippen LogP contribution in [0.15, 0.2) is 70.9 Å². The first kappa shape index (κ1) is 32.7. The Balaban J connectivity index is 1.49.